The number of nitrogens with zero attached hydrogens (tertiary/aromatic N) is 3. The van der Waals surface area contributed by atoms with E-state index in [0.29, 0.717) is 17.2 Å². The third-order valence-electron chi connectivity index (χ3n) is 3.05. The van der Waals surface area contributed by atoms with Gasteiger partial charge in [-0.15, -0.1) is 0 Å². The molecule has 0 radical (unpaired) electrons. The number of carbonyl (C=O) groups excluding carboxylic acids is 1. The Morgan fingerprint density at radius 1 is 1.22 bits per heavy atom. The fourth-order valence-electron chi connectivity index (χ4n) is 2.01. The number of nitrogens with one attached hydrogen (secondary N) is 2. The van der Waals surface area contributed by atoms with Gasteiger partial charge < -0.3 is 10.6 Å². The summed E-state index contributed by atoms with van der Waals surface area (Å²) in [6.07, 6.45) is 4.24. The number of halogens is 1. The molecule has 3 aromatic rings. The van der Waals surface area contributed by atoms with E-state index in [2.05, 4.69) is 48.1 Å². The molecular weight excluding hydrogens is 358 g/mol. The first-order valence-electron chi connectivity index (χ1n) is 6.72. The van der Waals surface area contributed by atoms with Crippen molar-refractivity contribution in [2.24, 2.45) is 0 Å². The molecule has 2 N–H and O–H groups in total. The monoisotopic (exact) mass is 369 g/mol. The third-order valence-corrected chi connectivity index (χ3v) is 3.54. The molecular formula is C16H12BrN5O. The topological polar surface area (TPSA) is 79.8 Å². The Hall–Kier alpha value is -2.80. The van der Waals surface area contributed by atoms with Crippen LogP contribution in [0.2, 0.25) is 0 Å². The summed E-state index contributed by atoms with van der Waals surface area (Å²) in [5.41, 5.74) is 1.56. The number of hydrogen-bond donors (Lipinski definition) is 2. The van der Waals surface area contributed by atoms with Gasteiger partial charge in [0.05, 0.1) is 11.7 Å². The van der Waals surface area contributed by atoms with Gasteiger partial charge in [-0.3, -0.25) is 4.79 Å². The Morgan fingerprint density at radius 2 is 2.09 bits per heavy atom. The smallest absolute Gasteiger partial charge is 0.248 e. The van der Waals surface area contributed by atoms with Crippen LogP contribution in [-0.4, -0.2) is 20.9 Å². The maximum atomic E-state index is 11.4. The lowest BCUT2D eigenvalue weighted by atomic mass is 10.2. The predicted molar refractivity (Wildman–Crippen MR) is 93.6 cm³/mol. The molecule has 23 heavy (non-hydrogen) atoms. The van der Waals surface area contributed by atoms with E-state index in [0.717, 1.165) is 15.5 Å². The molecule has 0 unspecified atom stereocenters. The summed E-state index contributed by atoms with van der Waals surface area (Å²) in [6, 6.07) is 9.45. The van der Waals surface area contributed by atoms with E-state index in [4.69, 9.17) is 0 Å². The molecule has 2 aromatic heterocycles. The molecule has 0 spiro atoms. The van der Waals surface area contributed by atoms with Crippen LogP contribution in [0.5, 0.6) is 0 Å². The van der Waals surface area contributed by atoms with Gasteiger partial charge >= 0.3 is 0 Å². The lowest BCUT2D eigenvalue weighted by Crippen LogP contribution is -2.08. The molecule has 6 nitrogen and oxygen atoms in total. The number of aromatic nitrogens is 3. The largest absolute Gasteiger partial charge is 0.340 e. The van der Waals surface area contributed by atoms with E-state index in [-0.39, 0.29) is 5.91 Å². The van der Waals surface area contributed by atoms with Crippen LogP contribution in [0.25, 0.3) is 10.9 Å². The van der Waals surface area contributed by atoms with Gasteiger partial charge in [0.15, 0.2) is 0 Å². The minimum absolute atomic E-state index is 0.324. The van der Waals surface area contributed by atoms with Gasteiger partial charge in [0.25, 0.3) is 0 Å². The molecule has 0 aliphatic rings. The number of fused-ring (bicyclic) bond motifs is 1. The lowest BCUT2D eigenvalue weighted by Gasteiger charge is -2.09. The highest BCUT2D eigenvalue weighted by atomic mass is 79.9. The van der Waals surface area contributed by atoms with Gasteiger partial charge in [-0.25, -0.2) is 15.0 Å². The highest BCUT2D eigenvalue weighted by molar-refractivity contribution is 9.10. The summed E-state index contributed by atoms with van der Waals surface area (Å²) in [4.78, 5) is 24.0. The average Bonchev–Trinajstić information content (AvgIpc) is 2.55. The second kappa shape index (κ2) is 6.53. The van der Waals surface area contributed by atoms with E-state index < -0.39 is 0 Å². The molecule has 2 heterocycles. The summed E-state index contributed by atoms with van der Waals surface area (Å²) in [5, 5.41) is 6.62. The van der Waals surface area contributed by atoms with Gasteiger partial charge in [-0.1, -0.05) is 28.6 Å². The van der Waals surface area contributed by atoms with Gasteiger partial charge in [-0.05, 0) is 30.3 Å². The zero-order chi connectivity index (χ0) is 16.2. The number of rotatable bonds is 4. The van der Waals surface area contributed by atoms with E-state index >= 15 is 0 Å². The molecule has 1 aromatic carbocycles. The summed E-state index contributed by atoms with van der Waals surface area (Å²) < 4.78 is 0.960. The van der Waals surface area contributed by atoms with Crippen molar-refractivity contribution < 1.29 is 4.79 Å². The summed E-state index contributed by atoms with van der Waals surface area (Å²) >= 11 is 3.43. The number of hydrogen-bond acceptors (Lipinski definition) is 5. The first kappa shape index (κ1) is 15.1. The molecule has 0 bridgehead atoms. The maximum Gasteiger partial charge on any atom is 0.248 e. The minimum atomic E-state index is -0.324. The second-order valence-electron chi connectivity index (χ2n) is 4.64. The second-order valence-corrected chi connectivity index (χ2v) is 5.55. The van der Waals surface area contributed by atoms with Crippen molar-refractivity contribution in [2.45, 2.75) is 0 Å². The molecule has 114 valence electrons. The van der Waals surface area contributed by atoms with Crippen molar-refractivity contribution in [3.8, 4) is 0 Å². The Balaban J connectivity index is 2.00. The highest BCUT2D eigenvalue weighted by Gasteiger charge is 2.07. The van der Waals surface area contributed by atoms with E-state index in [1.165, 1.54) is 12.4 Å². The third kappa shape index (κ3) is 3.51. The molecule has 0 aliphatic heterocycles. The minimum Gasteiger partial charge on any atom is -0.340 e. The fraction of sp³-hybridized carbons (Fsp3) is 0. The summed E-state index contributed by atoms with van der Waals surface area (Å²) in [7, 11) is 0. The predicted octanol–water partition coefficient (Wildman–Crippen LogP) is 3.66. The number of benzene rings is 1. The molecule has 7 heteroatoms. The zero-order valence-corrected chi connectivity index (χ0v) is 13.5. The van der Waals surface area contributed by atoms with Gasteiger partial charge in [0, 0.05) is 15.5 Å². The molecule has 0 saturated heterocycles. The average molecular weight is 370 g/mol. The van der Waals surface area contributed by atoms with Crippen molar-refractivity contribution in [1.82, 2.24) is 15.0 Å². The van der Waals surface area contributed by atoms with Crippen molar-refractivity contribution in [2.75, 3.05) is 10.6 Å². The van der Waals surface area contributed by atoms with Gasteiger partial charge in [0.1, 0.15) is 18.0 Å². The Bertz CT molecular complexity index is 897. The standard InChI is InChI=1S/C16H12BrN5O/c1-2-15(23)22-14-7-12-13(8-18-14)19-9-20-16(12)21-11-5-3-4-10(17)6-11/h2-9H,1H2,(H,18,22,23)(H,19,20,21). The highest BCUT2D eigenvalue weighted by Crippen LogP contribution is 2.25. The first-order chi connectivity index (χ1) is 11.2. The summed E-state index contributed by atoms with van der Waals surface area (Å²) in [6.45, 7) is 3.42. The Labute approximate surface area is 140 Å². The van der Waals surface area contributed by atoms with Crippen LogP contribution in [0.1, 0.15) is 0 Å². The van der Waals surface area contributed by atoms with Gasteiger partial charge in [-0.2, -0.15) is 0 Å². The van der Waals surface area contributed by atoms with Crippen LogP contribution in [0.4, 0.5) is 17.3 Å². The molecule has 0 fully saturated rings. The molecule has 0 saturated carbocycles. The van der Waals surface area contributed by atoms with Crippen molar-refractivity contribution in [3.05, 3.63) is 60.0 Å². The fourth-order valence-corrected chi connectivity index (χ4v) is 2.41. The van der Waals surface area contributed by atoms with E-state index in [1.807, 2.05) is 24.3 Å². The Morgan fingerprint density at radius 3 is 2.87 bits per heavy atom. The lowest BCUT2D eigenvalue weighted by molar-refractivity contribution is -0.111. The number of carbonyl (C=O) groups is 1. The van der Waals surface area contributed by atoms with Crippen LogP contribution >= 0.6 is 15.9 Å². The van der Waals surface area contributed by atoms with E-state index in [9.17, 15) is 4.79 Å². The van der Waals surface area contributed by atoms with Crippen LogP contribution in [0, 0.1) is 0 Å². The zero-order valence-electron chi connectivity index (χ0n) is 12.0. The number of pyridine rings is 1. The van der Waals surface area contributed by atoms with Crippen LogP contribution in [-0.2, 0) is 4.79 Å². The number of amides is 1. The summed E-state index contributed by atoms with van der Waals surface area (Å²) in [5.74, 6) is 0.717. The van der Waals surface area contributed by atoms with Crippen molar-refractivity contribution >= 4 is 50.1 Å². The SMILES string of the molecule is C=CC(=O)Nc1cc2c(Nc3cccc(Br)c3)ncnc2cn1. The molecule has 0 atom stereocenters. The van der Waals surface area contributed by atoms with Gasteiger partial charge in [0.2, 0.25) is 5.91 Å². The Kier molecular flexibility index (Phi) is 4.29. The van der Waals surface area contributed by atoms with E-state index in [1.54, 1.807) is 12.3 Å². The maximum absolute atomic E-state index is 11.4. The molecule has 1 amide bonds. The molecule has 0 aliphatic carbocycles. The van der Waals surface area contributed by atoms with Crippen LogP contribution in [0.3, 0.4) is 0 Å². The van der Waals surface area contributed by atoms with Crippen LogP contribution < -0.4 is 10.6 Å². The quantitative estimate of drug-likeness (QED) is 0.686. The van der Waals surface area contributed by atoms with Crippen LogP contribution in [0.15, 0.2) is 60.0 Å². The first-order valence-corrected chi connectivity index (χ1v) is 7.52. The number of anilines is 3. The molecule has 3 rings (SSSR count). The normalized spacial score (nSPS) is 10.3. The van der Waals surface area contributed by atoms with Crippen molar-refractivity contribution in [1.29, 1.82) is 0 Å². The van der Waals surface area contributed by atoms with Crippen molar-refractivity contribution in [3.63, 3.8) is 0 Å².